The zero-order valence-electron chi connectivity index (χ0n) is 20.3. The minimum atomic E-state index is -0.206. The van der Waals surface area contributed by atoms with Crippen LogP contribution >= 0.6 is 0 Å². The molecule has 0 atom stereocenters. The minimum Gasteiger partial charge on any atom is -0.453 e. The highest BCUT2D eigenvalue weighted by molar-refractivity contribution is 5.94. The molecule has 0 unspecified atom stereocenters. The normalized spacial score (nSPS) is 14.2. The largest absolute Gasteiger partial charge is 0.453 e. The summed E-state index contributed by atoms with van der Waals surface area (Å²) < 4.78 is 6.36. The van der Waals surface area contributed by atoms with Gasteiger partial charge in [-0.2, -0.15) is 0 Å². The Bertz CT molecular complexity index is 1550. The van der Waals surface area contributed by atoms with Crippen LogP contribution in [0.5, 0.6) is 11.5 Å². The third kappa shape index (κ3) is 2.99. The molecule has 0 fully saturated rings. The molecule has 2 aliphatic heterocycles. The van der Waals surface area contributed by atoms with E-state index in [0.717, 1.165) is 39.9 Å². The van der Waals surface area contributed by atoms with E-state index in [4.69, 9.17) is 4.74 Å². The fraction of sp³-hybridized carbons (Fsp3) is 0.0909. The number of hydrogen-bond donors (Lipinski definition) is 0. The third-order valence-corrected chi connectivity index (χ3v) is 7.40. The first-order valence-corrected chi connectivity index (χ1v) is 12.4. The summed E-state index contributed by atoms with van der Waals surface area (Å²) in [4.78, 5) is 4.71. The van der Waals surface area contributed by atoms with Crippen molar-refractivity contribution in [3.05, 3.63) is 132 Å². The molecule has 0 aliphatic carbocycles. The number of hydrogen-bond acceptors (Lipinski definition) is 3. The Balaban J connectivity index is 1.47. The highest BCUT2D eigenvalue weighted by Gasteiger charge is 2.41. The highest BCUT2D eigenvalue weighted by Crippen LogP contribution is 2.60. The monoisotopic (exact) mass is 466 g/mol. The van der Waals surface area contributed by atoms with Gasteiger partial charge < -0.3 is 14.5 Å². The summed E-state index contributed by atoms with van der Waals surface area (Å²) in [6.45, 7) is 4.64. The molecule has 0 radical (unpaired) electrons. The summed E-state index contributed by atoms with van der Waals surface area (Å²) >= 11 is 0. The van der Waals surface area contributed by atoms with Crippen molar-refractivity contribution in [2.75, 3.05) is 9.80 Å². The molecular formula is C33H26N2O. The van der Waals surface area contributed by atoms with Crippen molar-refractivity contribution in [1.82, 2.24) is 0 Å². The van der Waals surface area contributed by atoms with Gasteiger partial charge in [-0.15, -0.1) is 0 Å². The summed E-state index contributed by atoms with van der Waals surface area (Å²) in [6, 6.07) is 42.8. The van der Waals surface area contributed by atoms with Crippen molar-refractivity contribution in [1.29, 1.82) is 0 Å². The van der Waals surface area contributed by atoms with Crippen molar-refractivity contribution in [3.8, 4) is 11.5 Å². The van der Waals surface area contributed by atoms with Crippen LogP contribution in [0.3, 0.4) is 0 Å². The lowest BCUT2D eigenvalue weighted by Crippen LogP contribution is -2.32. The number of para-hydroxylation sites is 5. The summed E-state index contributed by atoms with van der Waals surface area (Å²) in [5.41, 5.74) is 9.17. The van der Waals surface area contributed by atoms with Crippen LogP contribution in [0.15, 0.2) is 121 Å². The van der Waals surface area contributed by atoms with Gasteiger partial charge in [0.05, 0.1) is 17.1 Å². The van der Waals surface area contributed by atoms with E-state index in [1.165, 1.54) is 16.8 Å². The zero-order chi connectivity index (χ0) is 24.3. The van der Waals surface area contributed by atoms with Crippen LogP contribution in [0.1, 0.15) is 25.0 Å². The maximum absolute atomic E-state index is 6.36. The first kappa shape index (κ1) is 20.8. The van der Waals surface area contributed by atoms with Crippen LogP contribution in [-0.2, 0) is 5.41 Å². The number of fused-ring (bicyclic) bond motifs is 4. The molecule has 0 aromatic heterocycles. The van der Waals surface area contributed by atoms with E-state index >= 15 is 0 Å². The summed E-state index contributed by atoms with van der Waals surface area (Å²) in [5.74, 6) is 1.79. The molecule has 3 nitrogen and oxygen atoms in total. The van der Waals surface area contributed by atoms with Crippen LogP contribution in [0.4, 0.5) is 34.1 Å². The quantitative estimate of drug-likeness (QED) is 0.258. The molecule has 0 N–H and O–H groups in total. The molecule has 5 aromatic carbocycles. The predicted octanol–water partition coefficient (Wildman–Crippen LogP) is 9.37. The standard InChI is InChI=1S/C33H26N2O/c1-33(2)26-16-11-19-31-32(26)35(29-17-9-10-18-30(29)36-31)28-21-20-25(22-27(28)33)34(23-12-5-3-6-13-23)24-14-7-4-8-15-24/h3-22H,1-2H3. The molecule has 0 saturated carbocycles. The topological polar surface area (TPSA) is 15.7 Å². The molecule has 174 valence electrons. The Morgan fingerprint density at radius 1 is 0.556 bits per heavy atom. The fourth-order valence-corrected chi connectivity index (χ4v) is 5.66. The number of anilines is 6. The average molecular weight is 467 g/mol. The molecule has 36 heavy (non-hydrogen) atoms. The summed E-state index contributed by atoms with van der Waals surface area (Å²) in [7, 11) is 0. The lowest BCUT2D eigenvalue weighted by molar-refractivity contribution is 0.471. The minimum absolute atomic E-state index is 0.206. The molecule has 3 heteroatoms. The van der Waals surface area contributed by atoms with Crippen LogP contribution in [0.2, 0.25) is 0 Å². The molecule has 2 heterocycles. The van der Waals surface area contributed by atoms with Crippen LogP contribution in [0, 0.1) is 0 Å². The first-order valence-electron chi connectivity index (χ1n) is 12.4. The Morgan fingerprint density at radius 2 is 1.19 bits per heavy atom. The lowest BCUT2D eigenvalue weighted by atomic mass is 9.73. The van der Waals surface area contributed by atoms with E-state index in [1.54, 1.807) is 0 Å². The van der Waals surface area contributed by atoms with Gasteiger partial charge in [-0.1, -0.05) is 74.5 Å². The highest BCUT2D eigenvalue weighted by atomic mass is 16.5. The van der Waals surface area contributed by atoms with Gasteiger partial charge >= 0.3 is 0 Å². The molecule has 0 bridgehead atoms. The number of rotatable bonds is 3. The maximum Gasteiger partial charge on any atom is 0.151 e. The number of nitrogens with zero attached hydrogens (tertiary/aromatic N) is 2. The second-order valence-corrected chi connectivity index (χ2v) is 9.89. The van der Waals surface area contributed by atoms with Gasteiger partial charge in [0, 0.05) is 22.5 Å². The van der Waals surface area contributed by atoms with Crippen LogP contribution in [0.25, 0.3) is 0 Å². The van der Waals surface area contributed by atoms with Gasteiger partial charge in [0.15, 0.2) is 11.5 Å². The lowest BCUT2D eigenvalue weighted by Gasteiger charge is -2.45. The van der Waals surface area contributed by atoms with E-state index in [2.05, 4.69) is 133 Å². The van der Waals surface area contributed by atoms with Gasteiger partial charge in [0.1, 0.15) is 0 Å². The van der Waals surface area contributed by atoms with Gasteiger partial charge in [0.25, 0.3) is 0 Å². The SMILES string of the molecule is CC1(C)c2cc(N(c3ccccc3)c3ccccc3)ccc2N2c3ccccc3Oc3cccc1c32. The molecule has 0 spiro atoms. The van der Waals surface area contributed by atoms with Crippen molar-refractivity contribution in [3.63, 3.8) is 0 Å². The molecule has 0 amide bonds. The van der Waals surface area contributed by atoms with Crippen molar-refractivity contribution < 1.29 is 4.74 Å². The summed E-state index contributed by atoms with van der Waals surface area (Å²) in [6.07, 6.45) is 0. The van der Waals surface area contributed by atoms with E-state index in [1.807, 2.05) is 12.1 Å². The Morgan fingerprint density at radius 3 is 1.92 bits per heavy atom. The van der Waals surface area contributed by atoms with Gasteiger partial charge in [-0.05, 0) is 71.8 Å². The van der Waals surface area contributed by atoms with E-state index in [-0.39, 0.29) is 5.41 Å². The van der Waals surface area contributed by atoms with E-state index < -0.39 is 0 Å². The number of benzene rings is 5. The van der Waals surface area contributed by atoms with E-state index in [0.29, 0.717) is 0 Å². The second kappa shape index (κ2) is 7.76. The number of ether oxygens (including phenoxy) is 1. The van der Waals surface area contributed by atoms with Gasteiger partial charge in [-0.3, -0.25) is 0 Å². The van der Waals surface area contributed by atoms with Crippen LogP contribution in [-0.4, -0.2) is 0 Å². The Kier molecular flexibility index (Phi) is 4.49. The van der Waals surface area contributed by atoms with Crippen molar-refractivity contribution >= 4 is 34.1 Å². The zero-order valence-corrected chi connectivity index (χ0v) is 20.3. The van der Waals surface area contributed by atoms with Gasteiger partial charge in [0.2, 0.25) is 0 Å². The molecule has 7 rings (SSSR count). The molecule has 2 aliphatic rings. The van der Waals surface area contributed by atoms with Crippen LogP contribution < -0.4 is 14.5 Å². The Hall–Kier alpha value is -4.50. The van der Waals surface area contributed by atoms with E-state index in [9.17, 15) is 0 Å². The fourth-order valence-electron chi connectivity index (χ4n) is 5.66. The molecular weight excluding hydrogens is 440 g/mol. The molecule has 5 aromatic rings. The smallest absolute Gasteiger partial charge is 0.151 e. The van der Waals surface area contributed by atoms with Crippen molar-refractivity contribution in [2.45, 2.75) is 19.3 Å². The Labute approximate surface area is 211 Å². The maximum atomic E-state index is 6.36. The first-order chi connectivity index (χ1) is 17.6. The van der Waals surface area contributed by atoms with Crippen molar-refractivity contribution in [2.24, 2.45) is 0 Å². The second-order valence-electron chi connectivity index (χ2n) is 9.89. The molecule has 0 saturated heterocycles. The van der Waals surface area contributed by atoms with Gasteiger partial charge in [-0.25, -0.2) is 0 Å². The predicted molar refractivity (Wildman–Crippen MR) is 148 cm³/mol. The third-order valence-electron chi connectivity index (χ3n) is 7.40. The average Bonchev–Trinajstić information content (AvgIpc) is 2.92. The summed E-state index contributed by atoms with van der Waals surface area (Å²) in [5, 5.41) is 0.